The molecule has 0 atom stereocenters. The predicted octanol–water partition coefficient (Wildman–Crippen LogP) is 3.76. The van der Waals surface area contributed by atoms with Crippen molar-refractivity contribution in [3.8, 4) is 0 Å². The number of benzene rings is 2. The zero-order chi connectivity index (χ0) is 18.8. The summed E-state index contributed by atoms with van der Waals surface area (Å²) >= 11 is 0. The average molecular weight is 366 g/mol. The third-order valence-electron chi connectivity index (χ3n) is 5.17. The van der Waals surface area contributed by atoms with Crippen LogP contribution in [0.2, 0.25) is 0 Å². The molecule has 0 saturated carbocycles. The Morgan fingerprint density at radius 1 is 1.19 bits per heavy atom. The number of nitrogens with zero attached hydrogens (tertiary/aromatic N) is 3. The zero-order valence-corrected chi connectivity index (χ0v) is 15.4. The number of piperidine rings is 1. The number of carbonyl (C=O) groups is 1. The Morgan fingerprint density at radius 2 is 1.93 bits per heavy atom. The molecule has 27 heavy (non-hydrogen) atoms. The summed E-state index contributed by atoms with van der Waals surface area (Å²) in [6, 6.07) is 14.6. The van der Waals surface area contributed by atoms with Crippen molar-refractivity contribution in [1.82, 2.24) is 14.5 Å². The molecule has 6 heteroatoms. The third-order valence-corrected chi connectivity index (χ3v) is 5.17. The lowest BCUT2D eigenvalue weighted by molar-refractivity contribution is -0.117. The number of aryl methyl sites for hydroxylation is 1. The number of nitrogens with one attached hydrogen (secondary N) is 1. The van der Waals surface area contributed by atoms with E-state index >= 15 is 0 Å². The van der Waals surface area contributed by atoms with Gasteiger partial charge in [0.25, 0.3) is 0 Å². The van der Waals surface area contributed by atoms with Crippen molar-refractivity contribution in [3.63, 3.8) is 0 Å². The first-order valence-electron chi connectivity index (χ1n) is 9.31. The molecule has 0 radical (unpaired) electrons. The SMILES string of the molecule is Cc1nc2cc(F)ccc2n1C1CCN(CC(=O)Nc2ccccc2)CC1. The molecule has 1 aliphatic rings. The van der Waals surface area contributed by atoms with E-state index in [1.54, 1.807) is 0 Å². The minimum atomic E-state index is -0.258. The quantitative estimate of drug-likeness (QED) is 0.765. The van der Waals surface area contributed by atoms with E-state index in [1.807, 2.05) is 43.3 Å². The van der Waals surface area contributed by atoms with Crippen molar-refractivity contribution in [1.29, 1.82) is 0 Å². The second-order valence-corrected chi connectivity index (χ2v) is 7.08. The summed E-state index contributed by atoms with van der Waals surface area (Å²) in [6.07, 6.45) is 1.89. The van der Waals surface area contributed by atoms with E-state index in [2.05, 4.69) is 19.8 Å². The molecule has 2 aromatic carbocycles. The third kappa shape index (κ3) is 3.85. The van der Waals surface area contributed by atoms with Gasteiger partial charge in [-0.15, -0.1) is 0 Å². The molecule has 1 saturated heterocycles. The van der Waals surface area contributed by atoms with Crippen LogP contribution in [-0.2, 0) is 4.79 Å². The number of hydrogen-bond donors (Lipinski definition) is 1. The highest BCUT2D eigenvalue weighted by Crippen LogP contribution is 2.29. The van der Waals surface area contributed by atoms with Gasteiger partial charge in [-0.1, -0.05) is 18.2 Å². The second kappa shape index (κ2) is 7.48. The monoisotopic (exact) mass is 366 g/mol. The van der Waals surface area contributed by atoms with Crippen molar-refractivity contribution < 1.29 is 9.18 Å². The number of anilines is 1. The van der Waals surface area contributed by atoms with Gasteiger partial charge in [0.15, 0.2) is 0 Å². The van der Waals surface area contributed by atoms with E-state index in [-0.39, 0.29) is 11.7 Å². The molecule has 1 aliphatic heterocycles. The lowest BCUT2D eigenvalue weighted by Gasteiger charge is -2.33. The topological polar surface area (TPSA) is 50.2 Å². The van der Waals surface area contributed by atoms with Gasteiger partial charge in [-0.25, -0.2) is 9.37 Å². The molecule has 1 amide bonds. The first-order chi connectivity index (χ1) is 13.1. The van der Waals surface area contributed by atoms with Crippen molar-refractivity contribution in [2.75, 3.05) is 25.0 Å². The summed E-state index contributed by atoms with van der Waals surface area (Å²) in [5, 5.41) is 2.94. The Hall–Kier alpha value is -2.73. The van der Waals surface area contributed by atoms with Gasteiger partial charge >= 0.3 is 0 Å². The van der Waals surface area contributed by atoms with Crippen LogP contribution in [0.15, 0.2) is 48.5 Å². The van der Waals surface area contributed by atoms with E-state index in [1.165, 1.54) is 12.1 Å². The fraction of sp³-hybridized carbons (Fsp3) is 0.333. The molecule has 0 spiro atoms. The normalized spacial score (nSPS) is 15.9. The standard InChI is InChI=1S/C21H23FN4O/c1-15-23-19-13-16(22)7-8-20(19)26(15)18-9-11-25(12-10-18)14-21(27)24-17-5-3-2-4-6-17/h2-8,13,18H,9-12,14H2,1H3,(H,24,27). The molecule has 2 heterocycles. The molecule has 3 aromatic rings. The first kappa shape index (κ1) is 17.7. The molecule has 0 aliphatic carbocycles. The number of carbonyl (C=O) groups excluding carboxylic acids is 1. The van der Waals surface area contributed by atoms with Crippen LogP contribution in [0, 0.1) is 12.7 Å². The maximum atomic E-state index is 13.5. The number of para-hydroxylation sites is 1. The molecule has 0 unspecified atom stereocenters. The maximum absolute atomic E-state index is 13.5. The number of imidazole rings is 1. The van der Waals surface area contributed by atoms with Crippen LogP contribution in [0.5, 0.6) is 0 Å². The van der Waals surface area contributed by atoms with Crippen LogP contribution in [0.3, 0.4) is 0 Å². The lowest BCUT2D eigenvalue weighted by Crippen LogP contribution is -2.39. The Kier molecular flexibility index (Phi) is 4.90. The van der Waals surface area contributed by atoms with Crippen molar-refractivity contribution in [2.45, 2.75) is 25.8 Å². The summed E-state index contributed by atoms with van der Waals surface area (Å²) in [5.41, 5.74) is 2.51. The Bertz CT molecular complexity index is 945. The number of halogens is 1. The number of aromatic nitrogens is 2. The summed E-state index contributed by atoms with van der Waals surface area (Å²) in [6.45, 7) is 4.08. The van der Waals surface area contributed by atoms with Gasteiger partial charge in [-0.3, -0.25) is 9.69 Å². The molecule has 5 nitrogen and oxygen atoms in total. The smallest absolute Gasteiger partial charge is 0.238 e. The van der Waals surface area contributed by atoms with Crippen LogP contribution in [0.1, 0.15) is 24.7 Å². The largest absolute Gasteiger partial charge is 0.325 e. The van der Waals surface area contributed by atoms with E-state index in [4.69, 9.17) is 0 Å². The number of fused-ring (bicyclic) bond motifs is 1. The minimum absolute atomic E-state index is 0.0133. The van der Waals surface area contributed by atoms with Gasteiger partial charge < -0.3 is 9.88 Å². The van der Waals surface area contributed by atoms with E-state index in [0.717, 1.165) is 43.0 Å². The molecule has 4 rings (SSSR count). The number of hydrogen-bond acceptors (Lipinski definition) is 3. The van der Waals surface area contributed by atoms with E-state index in [9.17, 15) is 9.18 Å². The molecular weight excluding hydrogens is 343 g/mol. The molecule has 1 aromatic heterocycles. The van der Waals surface area contributed by atoms with Gasteiger partial charge in [-0.2, -0.15) is 0 Å². The van der Waals surface area contributed by atoms with Gasteiger partial charge in [0, 0.05) is 30.9 Å². The predicted molar refractivity (Wildman–Crippen MR) is 104 cm³/mol. The summed E-state index contributed by atoms with van der Waals surface area (Å²) < 4.78 is 15.7. The van der Waals surface area contributed by atoms with E-state index < -0.39 is 0 Å². The molecule has 140 valence electrons. The second-order valence-electron chi connectivity index (χ2n) is 7.08. The molecular formula is C21H23FN4O. The first-order valence-corrected chi connectivity index (χ1v) is 9.31. The van der Waals surface area contributed by atoms with Crippen molar-refractivity contribution in [2.24, 2.45) is 0 Å². The fourth-order valence-corrected chi connectivity index (χ4v) is 3.91. The van der Waals surface area contributed by atoms with Gasteiger partial charge in [-0.05, 0) is 44.0 Å². The highest BCUT2D eigenvalue weighted by atomic mass is 19.1. The van der Waals surface area contributed by atoms with E-state index in [0.29, 0.717) is 18.1 Å². The maximum Gasteiger partial charge on any atom is 0.238 e. The average Bonchev–Trinajstić information content (AvgIpc) is 2.98. The molecule has 1 fully saturated rings. The Balaban J connectivity index is 1.38. The van der Waals surface area contributed by atoms with Gasteiger partial charge in [0.2, 0.25) is 5.91 Å². The molecule has 1 N–H and O–H groups in total. The number of amides is 1. The van der Waals surface area contributed by atoms with Crippen molar-refractivity contribution >= 4 is 22.6 Å². The summed E-state index contributed by atoms with van der Waals surface area (Å²) in [7, 11) is 0. The van der Waals surface area contributed by atoms with Crippen molar-refractivity contribution in [3.05, 3.63) is 60.2 Å². The fourth-order valence-electron chi connectivity index (χ4n) is 3.91. The minimum Gasteiger partial charge on any atom is -0.325 e. The van der Waals surface area contributed by atoms with Crippen LogP contribution in [-0.4, -0.2) is 40.0 Å². The highest BCUT2D eigenvalue weighted by Gasteiger charge is 2.24. The number of rotatable bonds is 4. The summed E-state index contributed by atoms with van der Waals surface area (Å²) in [4.78, 5) is 18.9. The van der Waals surface area contributed by atoms with Gasteiger partial charge in [0.1, 0.15) is 11.6 Å². The summed E-state index contributed by atoms with van der Waals surface area (Å²) in [5.74, 6) is 0.668. The van der Waals surface area contributed by atoms with Crippen LogP contribution in [0.25, 0.3) is 11.0 Å². The van der Waals surface area contributed by atoms with Crippen LogP contribution >= 0.6 is 0 Å². The van der Waals surface area contributed by atoms with Gasteiger partial charge in [0.05, 0.1) is 17.6 Å². The zero-order valence-electron chi connectivity index (χ0n) is 15.4. The Labute approximate surface area is 157 Å². The van der Waals surface area contributed by atoms with Crippen LogP contribution < -0.4 is 5.32 Å². The number of likely N-dealkylation sites (tertiary alicyclic amines) is 1. The molecule has 0 bridgehead atoms. The lowest BCUT2D eigenvalue weighted by atomic mass is 10.0. The Morgan fingerprint density at radius 3 is 2.67 bits per heavy atom. The van der Waals surface area contributed by atoms with Crippen LogP contribution in [0.4, 0.5) is 10.1 Å². The highest BCUT2D eigenvalue weighted by molar-refractivity contribution is 5.92.